The number of aliphatic imine (C=N–C) groups is 1. The van der Waals surface area contributed by atoms with Gasteiger partial charge in [-0.05, 0) is 41.3 Å². The molecule has 1 atom stereocenters. The van der Waals surface area contributed by atoms with E-state index >= 15 is 0 Å². The normalized spacial score (nSPS) is 15.2. The lowest BCUT2D eigenvalue weighted by Gasteiger charge is -2.26. The number of carbonyl (C=O) groups excluding carboxylic acids is 1. The average molecular weight is 540 g/mol. The van der Waals surface area contributed by atoms with Crippen LogP contribution in [0.5, 0.6) is 0 Å². The molecular formula is C26H29IN4O. The van der Waals surface area contributed by atoms with E-state index in [-0.39, 0.29) is 35.8 Å². The summed E-state index contributed by atoms with van der Waals surface area (Å²) in [6.45, 7) is 3.42. The van der Waals surface area contributed by atoms with Crippen LogP contribution in [0.2, 0.25) is 0 Å². The Kier molecular flexibility index (Phi) is 8.27. The van der Waals surface area contributed by atoms with Crippen molar-refractivity contribution < 1.29 is 4.79 Å². The van der Waals surface area contributed by atoms with Crippen LogP contribution in [0, 0.1) is 6.92 Å². The van der Waals surface area contributed by atoms with Gasteiger partial charge in [-0.25, -0.2) is 0 Å². The van der Waals surface area contributed by atoms with Crippen molar-refractivity contribution in [3.05, 3.63) is 89.5 Å². The minimum Gasteiger partial charge on any atom is -0.356 e. The smallest absolute Gasteiger partial charge is 0.225 e. The molecule has 3 aromatic carbocycles. The van der Waals surface area contributed by atoms with E-state index in [9.17, 15) is 4.79 Å². The summed E-state index contributed by atoms with van der Waals surface area (Å²) in [6.07, 6.45) is 0.472. The van der Waals surface area contributed by atoms with Gasteiger partial charge in [-0.2, -0.15) is 0 Å². The first kappa shape index (κ1) is 23.8. The van der Waals surface area contributed by atoms with Gasteiger partial charge in [0.1, 0.15) is 0 Å². The first-order valence-electron chi connectivity index (χ1n) is 10.6. The van der Waals surface area contributed by atoms with E-state index < -0.39 is 0 Å². The molecule has 5 nitrogen and oxygen atoms in total. The minimum absolute atomic E-state index is 0. The summed E-state index contributed by atoms with van der Waals surface area (Å²) in [5.41, 5.74) is 6.93. The molecule has 4 rings (SSSR count). The minimum atomic E-state index is 0. The van der Waals surface area contributed by atoms with Gasteiger partial charge >= 0.3 is 0 Å². The van der Waals surface area contributed by atoms with Crippen molar-refractivity contribution in [1.82, 2.24) is 10.6 Å². The molecule has 0 radical (unpaired) electrons. The highest BCUT2D eigenvalue weighted by atomic mass is 127. The van der Waals surface area contributed by atoms with Crippen molar-refractivity contribution in [2.45, 2.75) is 25.8 Å². The van der Waals surface area contributed by atoms with Crippen molar-refractivity contribution in [3.8, 4) is 11.1 Å². The fourth-order valence-electron chi connectivity index (χ4n) is 4.00. The Hall–Kier alpha value is -2.87. The first-order chi connectivity index (χ1) is 15.1. The van der Waals surface area contributed by atoms with Gasteiger partial charge in [0.25, 0.3) is 0 Å². The summed E-state index contributed by atoms with van der Waals surface area (Å²) in [4.78, 5) is 16.4. The van der Waals surface area contributed by atoms with Gasteiger partial charge in [-0.1, -0.05) is 66.2 Å². The Balaban J connectivity index is 0.00000289. The van der Waals surface area contributed by atoms with Crippen LogP contribution in [0.4, 0.5) is 5.69 Å². The number of fused-ring (bicyclic) bond motifs is 1. The predicted molar refractivity (Wildman–Crippen MR) is 143 cm³/mol. The Morgan fingerprint density at radius 3 is 2.53 bits per heavy atom. The molecule has 6 heteroatoms. The number of anilines is 1. The maximum Gasteiger partial charge on any atom is 0.225 e. The third-order valence-corrected chi connectivity index (χ3v) is 5.58. The van der Waals surface area contributed by atoms with Crippen LogP contribution in [0.25, 0.3) is 11.1 Å². The number of nitrogens with zero attached hydrogens (tertiary/aromatic N) is 1. The SMILES string of the molecule is CN=C(NCc1cccc(-c2cccc(C)c2)c1)NCC1CC(=O)Nc2ccccc21.I. The van der Waals surface area contributed by atoms with E-state index in [0.29, 0.717) is 19.5 Å². The van der Waals surface area contributed by atoms with Crippen LogP contribution in [0.3, 0.4) is 0 Å². The zero-order valence-corrected chi connectivity index (χ0v) is 20.7. The highest BCUT2D eigenvalue weighted by molar-refractivity contribution is 14.0. The van der Waals surface area contributed by atoms with Crippen molar-refractivity contribution >= 4 is 41.5 Å². The predicted octanol–water partition coefficient (Wildman–Crippen LogP) is 5.07. The van der Waals surface area contributed by atoms with Crippen LogP contribution in [-0.2, 0) is 11.3 Å². The molecule has 1 heterocycles. The third-order valence-electron chi connectivity index (χ3n) is 5.58. The van der Waals surface area contributed by atoms with Crippen LogP contribution in [0.1, 0.15) is 29.0 Å². The van der Waals surface area contributed by atoms with Crippen LogP contribution in [-0.4, -0.2) is 25.5 Å². The monoisotopic (exact) mass is 540 g/mol. The lowest BCUT2D eigenvalue weighted by molar-refractivity contribution is -0.116. The largest absolute Gasteiger partial charge is 0.356 e. The second-order valence-electron chi connectivity index (χ2n) is 7.91. The van der Waals surface area contributed by atoms with Crippen LogP contribution in [0.15, 0.2) is 77.8 Å². The Labute approximate surface area is 206 Å². The summed E-state index contributed by atoms with van der Waals surface area (Å²) in [7, 11) is 1.76. The van der Waals surface area contributed by atoms with Gasteiger partial charge in [0.15, 0.2) is 5.96 Å². The molecule has 0 aliphatic carbocycles. The second-order valence-corrected chi connectivity index (χ2v) is 7.91. The summed E-state index contributed by atoms with van der Waals surface area (Å²) in [5.74, 6) is 0.902. The van der Waals surface area contributed by atoms with Crippen LogP contribution >= 0.6 is 24.0 Å². The lowest BCUT2D eigenvalue weighted by Crippen LogP contribution is -2.40. The Morgan fingerprint density at radius 2 is 1.75 bits per heavy atom. The van der Waals surface area contributed by atoms with Gasteiger partial charge in [0, 0.05) is 38.2 Å². The van der Waals surface area contributed by atoms with E-state index in [1.807, 2.05) is 18.2 Å². The average Bonchev–Trinajstić information content (AvgIpc) is 2.79. The van der Waals surface area contributed by atoms with Crippen molar-refractivity contribution in [3.63, 3.8) is 0 Å². The molecule has 0 spiro atoms. The van der Waals surface area contributed by atoms with E-state index in [4.69, 9.17) is 0 Å². The Bertz CT molecular complexity index is 1110. The molecule has 166 valence electrons. The second kappa shape index (κ2) is 11.1. The van der Waals surface area contributed by atoms with Gasteiger partial charge in [-0.3, -0.25) is 9.79 Å². The fourth-order valence-corrected chi connectivity index (χ4v) is 4.00. The van der Waals surface area contributed by atoms with Gasteiger partial charge < -0.3 is 16.0 Å². The lowest BCUT2D eigenvalue weighted by atomic mass is 9.90. The molecule has 3 aromatic rings. The highest BCUT2D eigenvalue weighted by Crippen LogP contribution is 2.31. The quantitative estimate of drug-likeness (QED) is 0.241. The fraction of sp³-hybridized carbons (Fsp3) is 0.231. The maximum atomic E-state index is 12.0. The summed E-state index contributed by atoms with van der Waals surface area (Å²) in [5, 5.41) is 9.72. The molecule has 3 N–H and O–H groups in total. The number of benzene rings is 3. The summed E-state index contributed by atoms with van der Waals surface area (Å²) < 4.78 is 0. The molecule has 1 aliphatic rings. The number of guanidine groups is 1. The third kappa shape index (κ3) is 5.88. The molecule has 0 aromatic heterocycles. The first-order valence-corrected chi connectivity index (χ1v) is 10.6. The number of amides is 1. The van der Waals surface area contributed by atoms with Gasteiger partial charge in [0.05, 0.1) is 0 Å². The van der Waals surface area contributed by atoms with E-state index in [2.05, 4.69) is 82.5 Å². The summed E-state index contributed by atoms with van der Waals surface area (Å²) >= 11 is 0. The number of para-hydroxylation sites is 1. The van der Waals surface area contributed by atoms with E-state index in [1.54, 1.807) is 7.05 Å². The molecule has 0 fully saturated rings. The number of halogens is 1. The standard InChI is InChI=1S/C26H28N4O.HI/c1-18-7-5-9-20(13-18)21-10-6-8-19(14-21)16-28-26(27-2)29-17-22-15-25(31)30-24-12-4-3-11-23(22)24;/h3-14,22H,15-17H2,1-2H3,(H,30,31)(H2,27,28,29);1H. The number of hydrogen-bond donors (Lipinski definition) is 3. The number of nitrogens with one attached hydrogen (secondary N) is 3. The molecule has 1 unspecified atom stereocenters. The number of carbonyl (C=O) groups is 1. The number of hydrogen-bond acceptors (Lipinski definition) is 2. The molecule has 1 aliphatic heterocycles. The number of aryl methyl sites for hydroxylation is 1. The highest BCUT2D eigenvalue weighted by Gasteiger charge is 2.24. The summed E-state index contributed by atoms with van der Waals surface area (Å²) in [6, 6.07) is 25.1. The number of rotatable bonds is 5. The van der Waals surface area contributed by atoms with E-state index in [0.717, 1.165) is 17.2 Å². The zero-order valence-electron chi connectivity index (χ0n) is 18.4. The van der Waals surface area contributed by atoms with Crippen LogP contribution < -0.4 is 16.0 Å². The molecule has 1 amide bonds. The van der Waals surface area contributed by atoms with Gasteiger partial charge in [-0.15, -0.1) is 24.0 Å². The zero-order chi connectivity index (χ0) is 21.6. The van der Waals surface area contributed by atoms with Gasteiger partial charge in [0.2, 0.25) is 5.91 Å². The topological polar surface area (TPSA) is 65.5 Å². The molecular weight excluding hydrogens is 511 g/mol. The van der Waals surface area contributed by atoms with Crippen molar-refractivity contribution in [1.29, 1.82) is 0 Å². The van der Waals surface area contributed by atoms with Crippen molar-refractivity contribution in [2.24, 2.45) is 4.99 Å². The Morgan fingerprint density at radius 1 is 1.00 bits per heavy atom. The molecule has 32 heavy (non-hydrogen) atoms. The molecule has 0 saturated heterocycles. The van der Waals surface area contributed by atoms with Crippen molar-refractivity contribution in [2.75, 3.05) is 18.9 Å². The molecule has 0 saturated carbocycles. The maximum absolute atomic E-state index is 12.0. The molecule has 0 bridgehead atoms. The van der Waals surface area contributed by atoms with E-state index in [1.165, 1.54) is 22.3 Å².